The number of fused-ring (bicyclic) bond motifs is 1. The van der Waals surface area contributed by atoms with Gasteiger partial charge in [-0.1, -0.05) is 140 Å². The first-order valence-corrected chi connectivity index (χ1v) is 23.9. The van der Waals surface area contributed by atoms with Gasteiger partial charge in [-0.3, -0.25) is 9.69 Å². The first-order valence-electron chi connectivity index (χ1n) is 20.0. The Hall–Kier alpha value is -3.61. The van der Waals surface area contributed by atoms with Crippen LogP contribution >= 0.6 is 15.9 Å². The first kappa shape index (κ1) is 41.5. The summed E-state index contributed by atoms with van der Waals surface area (Å²) in [5.74, 6) is -0.178. The third-order valence-corrected chi connectivity index (χ3v) is 18.6. The lowest BCUT2D eigenvalue weighted by Gasteiger charge is -2.43. The normalized spacial score (nSPS) is 18.4. The molecule has 7 rings (SSSR count). The fourth-order valence-electron chi connectivity index (χ4n) is 8.60. The minimum atomic E-state index is -2.83. The fraction of sp³-hybridized carbons (Fsp3) is 0.362. The zero-order valence-corrected chi connectivity index (χ0v) is 37.4. The van der Waals surface area contributed by atoms with Gasteiger partial charge in [-0.05, 0) is 78.4 Å². The van der Waals surface area contributed by atoms with Crippen LogP contribution < -0.4 is 15.7 Å². The van der Waals surface area contributed by atoms with E-state index in [1.54, 1.807) is 0 Å². The Kier molecular flexibility index (Phi) is 12.6. The summed E-state index contributed by atoms with van der Waals surface area (Å²) in [5, 5.41) is 5.59. The second-order valence-electron chi connectivity index (χ2n) is 17.4. The van der Waals surface area contributed by atoms with Gasteiger partial charge in [0.1, 0.15) is 10.4 Å². The summed E-state index contributed by atoms with van der Waals surface area (Å²) in [5.41, 5.74) is 5.31. The number of pyridine rings is 1. The molecule has 0 saturated carbocycles. The van der Waals surface area contributed by atoms with E-state index in [9.17, 15) is 9.35 Å². The van der Waals surface area contributed by atoms with Crippen LogP contribution in [-0.2, 0) is 28.9 Å². The maximum atomic E-state index is 14.5. The number of halogens is 1. The Bertz CT molecular complexity index is 2110. The van der Waals surface area contributed by atoms with Crippen LogP contribution in [0.5, 0.6) is 0 Å². The number of rotatable bonds is 12. The average Bonchev–Trinajstić information content (AvgIpc) is 3.79. The maximum absolute atomic E-state index is 14.5. The molecule has 298 valence electrons. The average molecular weight is 864 g/mol. The molecule has 7 nitrogen and oxygen atoms in total. The Labute approximate surface area is 351 Å². The van der Waals surface area contributed by atoms with E-state index in [1.165, 1.54) is 15.9 Å². The number of nitrogens with one attached hydrogen (secondary N) is 1. The van der Waals surface area contributed by atoms with Crippen molar-refractivity contribution in [3.63, 3.8) is 0 Å². The molecule has 2 aliphatic rings. The minimum Gasteiger partial charge on any atom is -0.597 e. The summed E-state index contributed by atoms with van der Waals surface area (Å²) < 4.78 is 24.5. The minimum absolute atomic E-state index is 0.0295. The van der Waals surface area contributed by atoms with Gasteiger partial charge in [-0.2, -0.15) is 0 Å². The van der Waals surface area contributed by atoms with Crippen LogP contribution in [0.15, 0.2) is 126 Å². The topological polar surface area (TPSA) is 80.8 Å². The molecule has 57 heavy (non-hydrogen) atoms. The number of likely N-dealkylation sites (tertiary alicyclic amines) is 1. The highest BCUT2D eigenvalue weighted by Gasteiger charge is 2.51. The van der Waals surface area contributed by atoms with Crippen molar-refractivity contribution in [2.75, 3.05) is 19.7 Å². The van der Waals surface area contributed by atoms with Crippen molar-refractivity contribution in [2.24, 2.45) is 0 Å². The van der Waals surface area contributed by atoms with Crippen LogP contribution in [0.25, 0.3) is 11.3 Å². The second kappa shape index (κ2) is 17.3. The number of hydrogen-bond donors (Lipinski definition) is 1. The standard InChI is InChI=1S/C47H55BrN4O3SSi/c1-46(2,3)56(54)52-32-36-30-41(45(53)49-38-25-27-51(33-38)31-34-17-10-7-11-18-34)50-44(35-19-16-20-37(48)29-35)43(36)42(52)26-28-55-57(47(4,5)6,39-21-12-8-13-22-39)40-23-14-9-15-24-40/h7-24,29-30,38,42H,25-28,31-33H2,1-6H3,(H,49,53)/t38?,42?,56-/m1/s1. The number of hydrogen-bond acceptors (Lipinski definition) is 6. The van der Waals surface area contributed by atoms with Crippen LogP contribution in [0.1, 0.15) is 87.6 Å². The summed E-state index contributed by atoms with van der Waals surface area (Å²) in [7, 11) is -2.83. The van der Waals surface area contributed by atoms with Crippen LogP contribution in [0.4, 0.5) is 0 Å². The largest absolute Gasteiger partial charge is 0.597 e. The molecular weight excluding hydrogens is 809 g/mol. The Morgan fingerprint density at radius 3 is 2.12 bits per heavy atom. The van der Waals surface area contributed by atoms with Gasteiger partial charge in [-0.25, -0.2) is 4.98 Å². The van der Waals surface area contributed by atoms with Crippen LogP contribution in [0, 0.1) is 0 Å². The van der Waals surface area contributed by atoms with Crippen molar-refractivity contribution in [3.05, 3.63) is 148 Å². The zero-order chi connectivity index (χ0) is 40.4. The molecule has 1 aromatic heterocycles. The van der Waals surface area contributed by atoms with Crippen LogP contribution in [-0.4, -0.2) is 63.5 Å². The first-order chi connectivity index (χ1) is 27.2. The molecule has 3 heterocycles. The predicted octanol–water partition coefficient (Wildman–Crippen LogP) is 8.80. The molecular formula is C47H55BrN4O3SSi. The smallest absolute Gasteiger partial charge is 0.270 e. The summed E-state index contributed by atoms with van der Waals surface area (Å²) in [4.78, 5) is 21.7. The highest BCUT2D eigenvalue weighted by atomic mass is 79.9. The zero-order valence-electron chi connectivity index (χ0n) is 34.0. The van der Waals surface area contributed by atoms with Crippen molar-refractivity contribution in [3.8, 4) is 11.3 Å². The molecule has 0 radical (unpaired) electrons. The molecule has 10 heteroatoms. The van der Waals surface area contributed by atoms with Gasteiger partial charge < -0.3 is 14.3 Å². The molecule has 1 N–H and O–H groups in total. The van der Waals surface area contributed by atoms with Gasteiger partial charge in [0.25, 0.3) is 14.2 Å². The van der Waals surface area contributed by atoms with Gasteiger partial charge >= 0.3 is 0 Å². The SMILES string of the molecule is CC(C)(C)[S@@+]([O-])N1Cc2cc(C(=O)NC3CCN(Cc4ccccc4)C3)nc(-c3cccc(Br)c3)c2C1CCO[Si](c1ccccc1)(c1ccccc1)C(C)(C)C. The third-order valence-electron chi connectivity index (χ3n) is 11.2. The van der Waals surface area contributed by atoms with Crippen molar-refractivity contribution in [2.45, 2.75) is 89.3 Å². The summed E-state index contributed by atoms with van der Waals surface area (Å²) in [6.45, 7) is 16.4. The molecule has 0 spiro atoms. The van der Waals surface area contributed by atoms with Crippen LogP contribution in [0.2, 0.25) is 5.04 Å². The predicted molar refractivity (Wildman–Crippen MR) is 239 cm³/mol. The molecule has 1 amide bonds. The van der Waals surface area contributed by atoms with E-state index in [4.69, 9.17) is 9.41 Å². The highest BCUT2D eigenvalue weighted by molar-refractivity contribution is 9.10. The van der Waals surface area contributed by atoms with E-state index in [0.717, 1.165) is 52.9 Å². The number of carbonyl (C=O) groups excluding carboxylic acids is 1. The van der Waals surface area contributed by atoms with E-state index in [1.807, 2.05) is 51.1 Å². The van der Waals surface area contributed by atoms with E-state index in [2.05, 4.69) is 142 Å². The molecule has 1 fully saturated rings. The molecule has 2 unspecified atom stereocenters. The lowest BCUT2D eigenvalue weighted by Crippen LogP contribution is -2.66. The molecule has 0 aliphatic carbocycles. The molecule has 0 bridgehead atoms. The quantitative estimate of drug-likeness (QED) is 0.0999. The van der Waals surface area contributed by atoms with E-state index < -0.39 is 24.4 Å². The number of carbonyl (C=O) groups is 1. The maximum Gasteiger partial charge on any atom is 0.270 e. The van der Waals surface area contributed by atoms with Crippen molar-refractivity contribution >= 4 is 51.9 Å². The summed E-state index contributed by atoms with van der Waals surface area (Å²) in [6, 6.07) is 41.7. The van der Waals surface area contributed by atoms with E-state index in [0.29, 0.717) is 25.3 Å². The van der Waals surface area contributed by atoms with Gasteiger partial charge in [0.15, 0.2) is 0 Å². The van der Waals surface area contributed by atoms with Crippen molar-refractivity contribution in [1.29, 1.82) is 0 Å². The van der Waals surface area contributed by atoms with Gasteiger partial charge in [0, 0.05) is 59.2 Å². The Morgan fingerprint density at radius 2 is 1.53 bits per heavy atom. The molecule has 5 aromatic rings. The monoisotopic (exact) mass is 862 g/mol. The summed E-state index contributed by atoms with van der Waals surface area (Å²) in [6.07, 6.45) is 1.49. The van der Waals surface area contributed by atoms with Gasteiger partial charge in [0.05, 0.1) is 18.3 Å². The number of aromatic nitrogens is 1. The molecule has 4 aromatic carbocycles. The lowest BCUT2D eigenvalue weighted by molar-refractivity contribution is 0.0932. The summed E-state index contributed by atoms with van der Waals surface area (Å²) >= 11 is 2.34. The molecule has 2 aliphatic heterocycles. The Morgan fingerprint density at radius 1 is 0.895 bits per heavy atom. The van der Waals surface area contributed by atoms with Crippen LogP contribution in [0.3, 0.4) is 0 Å². The number of nitrogens with zero attached hydrogens (tertiary/aromatic N) is 3. The lowest BCUT2D eigenvalue weighted by atomic mass is 9.96. The second-order valence-corrected chi connectivity index (χ2v) is 24.8. The van der Waals surface area contributed by atoms with Gasteiger partial charge in [-0.15, -0.1) is 4.31 Å². The highest BCUT2D eigenvalue weighted by Crippen LogP contribution is 2.46. The third kappa shape index (κ3) is 9.03. The number of benzene rings is 4. The van der Waals surface area contributed by atoms with Gasteiger partial charge in [0.2, 0.25) is 0 Å². The fourth-order valence-corrected chi connectivity index (χ4v) is 15.0. The number of amides is 1. The van der Waals surface area contributed by atoms with E-state index in [-0.39, 0.29) is 23.0 Å². The Balaban J connectivity index is 1.23. The molecule has 1 saturated heterocycles. The van der Waals surface area contributed by atoms with Crippen molar-refractivity contribution in [1.82, 2.24) is 19.5 Å². The van der Waals surface area contributed by atoms with Crippen molar-refractivity contribution < 1.29 is 13.8 Å². The van der Waals surface area contributed by atoms with E-state index >= 15 is 0 Å². The molecule has 3 atom stereocenters.